The molecule has 2 aromatic rings. The maximum atomic E-state index is 13.6. The maximum Gasteiger partial charge on any atom is 0.345 e. The average molecular weight is 570 g/mol. The quantitative estimate of drug-likeness (QED) is 0.352. The number of hydrogen-bond acceptors (Lipinski definition) is 11. The lowest BCUT2D eigenvalue weighted by Crippen LogP contribution is -2.41. The number of ether oxygens (including phenoxy) is 9. The first-order valence-electron chi connectivity index (χ1n) is 13.3. The van der Waals surface area contributed by atoms with Gasteiger partial charge in [0, 0.05) is 37.2 Å². The Morgan fingerprint density at radius 2 is 1.63 bits per heavy atom. The van der Waals surface area contributed by atoms with E-state index in [-0.39, 0.29) is 24.5 Å². The summed E-state index contributed by atoms with van der Waals surface area (Å²) in [5.74, 6) is 0.251. The molecule has 0 bridgehead atoms. The molecular weight excluding hydrogens is 534 g/mol. The van der Waals surface area contributed by atoms with E-state index in [0.29, 0.717) is 60.5 Å². The minimum absolute atomic E-state index is 0.00298. The molecule has 0 aromatic heterocycles. The highest BCUT2D eigenvalue weighted by atomic mass is 16.7. The van der Waals surface area contributed by atoms with Crippen molar-refractivity contribution in [1.29, 1.82) is 0 Å². The molecule has 220 valence electrons. The molecule has 0 saturated carbocycles. The predicted octanol–water partition coefficient (Wildman–Crippen LogP) is 3.16. The first-order chi connectivity index (χ1) is 20.0. The van der Waals surface area contributed by atoms with Crippen molar-refractivity contribution in [3.8, 4) is 23.0 Å². The molecule has 1 saturated heterocycles. The van der Waals surface area contributed by atoms with Gasteiger partial charge in [0.25, 0.3) is 5.79 Å². The molecule has 3 aliphatic heterocycles. The summed E-state index contributed by atoms with van der Waals surface area (Å²) in [6.07, 6.45) is 1.66. The molecule has 0 amide bonds. The molecule has 0 radical (unpaired) electrons. The zero-order valence-corrected chi connectivity index (χ0v) is 23.7. The van der Waals surface area contributed by atoms with E-state index in [4.69, 9.17) is 42.6 Å². The van der Waals surface area contributed by atoms with E-state index in [0.717, 1.165) is 18.7 Å². The van der Waals surface area contributed by atoms with Gasteiger partial charge < -0.3 is 42.6 Å². The standard InChI is InChI=1S/C30H35NO10/c1-33-22-7-5-21(6-8-22)30(40-14-11-31-9-12-37-13-10-31)23(27(29(32)41-30)26-18-38-19-39-26)15-20-16-24(34-2)28(36-4)25(17-20)35-3/h5-8,16-18H,9-15,19H2,1-4H3. The Balaban J connectivity index is 1.61. The van der Waals surface area contributed by atoms with Gasteiger partial charge in [0.2, 0.25) is 12.5 Å². The first kappa shape index (κ1) is 28.6. The monoisotopic (exact) mass is 569 g/mol. The molecule has 3 aliphatic rings. The molecular formula is C30H35NO10. The van der Waals surface area contributed by atoms with E-state index < -0.39 is 11.8 Å². The maximum absolute atomic E-state index is 13.6. The fourth-order valence-electron chi connectivity index (χ4n) is 5.19. The lowest BCUT2D eigenvalue weighted by atomic mass is 9.89. The Kier molecular flexibility index (Phi) is 8.87. The van der Waals surface area contributed by atoms with Crippen LogP contribution in [-0.2, 0) is 40.7 Å². The predicted molar refractivity (Wildman–Crippen MR) is 146 cm³/mol. The summed E-state index contributed by atoms with van der Waals surface area (Å²) in [6.45, 7) is 3.86. The summed E-state index contributed by atoms with van der Waals surface area (Å²) >= 11 is 0. The van der Waals surface area contributed by atoms with Gasteiger partial charge in [-0.2, -0.15) is 0 Å². The molecule has 11 nitrogen and oxygen atoms in total. The van der Waals surface area contributed by atoms with E-state index >= 15 is 0 Å². The fraction of sp³-hybridized carbons (Fsp3) is 0.433. The second-order valence-corrected chi connectivity index (χ2v) is 9.51. The van der Waals surface area contributed by atoms with Gasteiger partial charge in [0.15, 0.2) is 17.3 Å². The topological polar surface area (TPSA) is 103 Å². The highest BCUT2D eigenvalue weighted by Crippen LogP contribution is 2.48. The van der Waals surface area contributed by atoms with Crippen LogP contribution in [0.1, 0.15) is 11.1 Å². The van der Waals surface area contributed by atoms with Crippen molar-refractivity contribution in [2.45, 2.75) is 12.2 Å². The van der Waals surface area contributed by atoms with E-state index in [2.05, 4.69) is 4.90 Å². The number of rotatable bonds is 12. The van der Waals surface area contributed by atoms with Gasteiger partial charge >= 0.3 is 5.97 Å². The van der Waals surface area contributed by atoms with Gasteiger partial charge in [-0.25, -0.2) is 4.79 Å². The van der Waals surface area contributed by atoms with Crippen LogP contribution in [0.4, 0.5) is 0 Å². The van der Waals surface area contributed by atoms with Crippen LogP contribution >= 0.6 is 0 Å². The molecule has 0 aliphatic carbocycles. The molecule has 1 atom stereocenters. The van der Waals surface area contributed by atoms with E-state index in [9.17, 15) is 4.79 Å². The van der Waals surface area contributed by atoms with Crippen LogP contribution in [0, 0.1) is 0 Å². The van der Waals surface area contributed by atoms with Crippen molar-refractivity contribution in [2.75, 3.05) is 74.7 Å². The number of morpholine rings is 1. The Morgan fingerprint density at radius 1 is 0.927 bits per heavy atom. The molecule has 5 rings (SSSR count). The largest absolute Gasteiger partial charge is 0.497 e. The van der Waals surface area contributed by atoms with E-state index in [1.165, 1.54) is 6.26 Å². The van der Waals surface area contributed by atoms with Crippen molar-refractivity contribution in [3.63, 3.8) is 0 Å². The van der Waals surface area contributed by atoms with Crippen molar-refractivity contribution in [3.05, 3.63) is 70.7 Å². The Bertz CT molecular complexity index is 1270. The number of esters is 1. The fourth-order valence-corrected chi connectivity index (χ4v) is 5.19. The third kappa shape index (κ3) is 5.79. The number of cyclic esters (lactones) is 1. The summed E-state index contributed by atoms with van der Waals surface area (Å²) in [7, 11) is 6.25. The average Bonchev–Trinajstić information content (AvgIpc) is 3.63. The highest BCUT2D eigenvalue weighted by molar-refractivity contribution is 5.97. The van der Waals surface area contributed by atoms with Crippen LogP contribution in [-0.4, -0.2) is 85.6 Å². The molecule has 41 heavy (non-hydrogen) atoms. The third-order valence-corrected chi connectivity index (χ3v) is 7.25. The SMILES string of the molecule is COc1ccc(C2(OCCN3CCOCC3)OC(=O)C(C3=COCO3)=C2Cc2cc(OC)c(OC)c(OC)c2)cc1. The Labute approximate surface area is 239 Å². The number of carbonyl (C=O) groups excluding carboxylic acids is 1. The van der Waals surface area contributed by atoms with Crippen LogP contribution in [0.2, 0.25) is 0 Å². The summed E-state index contributed by atoms with van der Waals surface area (Å²) < 4.78 is 51.4. The van der Waals surface area contributed by atoms with Crippen LogP contribution in [0.5, 0.6) is 23.0 Å². The van der Waals surface area contributed by atoms with Crippen LogP contribution in [0.15, 0.2) is 59.6 Å². The lowest BCUT2D eigenvalue weighted by molar-refractivity contribution is -0.210. The van der Waals surface area contributed by atoms with Gasteiger partial charge in [-0.3, -0.25) is 4.90 Å². The van der Waals surface area contributed by atoms with Gasteiger partial charge in [-0.1, -0.05) is 0 Å². The van der Waals surface area contributed by atoms with E-state index in [1.54, 1.807) is 40.6 Å². The van der Waals surface area contributed by atoms with Gasteiger partial charge in [0.1, 0.15) is 17.6 Å². The molecule has 1 unspecified atom stereocenters. The van der Waals surface area contributed by atoms with Crippen LogP contribution < -0.4 is 18.9 Å². The van der Waals surface area contributed by atoms with Crippen LogP contribution in [0.3, 0.4) is 0 Å². The second-order valence-electron chi connectivity index (χ2n) is 9.51. The van der Waals surface area contributed by atoms with Gasteiger partial charge in [-0.05, 0) is 42.0 Å². The first-order valence-corrected chi connectivity index (χ1v) is 13.3. The second kappa shape index (κ2) is 12.7. The van der Waals surface area contributed by atoms with Crippen molar-refractivity contribution < 1.29 is 47.4 Å². The van der Waals surface area contributed by atoms with E-state index in [1.807, 2.05) is 24.3 Å². The van der Waals surface area contributed by atoms with Gasteiger partial charge in [0.05, 0.1) is 48.3 Å². The zero-order valence-electron chi connectivity index (χ0n) is 23.7. The minimum Gasteiger partial charge on any atom is -0.497 e. The molecule has 1 fully saturated rings. The third-order valence-electron chi connectivity index (χ3n) is 7.25. The number of benzene rings is 2. The Morgan fingerprint density at radius 3 is 2.22 bits per heavy atom. The molecule has 0 N–H and O–H groups in total. The summed E-state index contributed by atoms with van der Waals surface area (Å²) in [4.78, 5) is 15.9. The highest BCUT2D eigenvalue weighted by Gasteiger charge is 2.52. The summed E-state index contributed by atoms with van der Waals surface area (Å²) in [6, 6.07) is 10.9. The summed E-state index contributed by atoms with van der Waals surface area (Å²) in [5.41, 5.74) is 2.21. The minimum atomic E-state index is -1.54. The van der Waals surface area contributed by atoms with Crippen LogP contribution in [0.25, 0.3) is 0 Å². The molecule has 2 aromatic carbocycles. The van der Waals surface area contributed by atoms with Crippen molar-refractivity contribution in [2.24, 2.45) is 0 Å². The molecule has 3 heterocycles. The van der Waals surface area contributed by atoms with Gasteiger partial charge in [-0.15, -0.1) is 0 Å². The molecule has 11 heteroatoms. The van der Waals surface area contributed by atoms with Crippen molar-refractivity contribution >= 4 is 5.97 Å². The number of nitrogens with zero attached hydrogens (tertiary/aromatic N) is 1. The Hall–Kier alpha value is -3.93. The van der Waals surface area contributed by atoms with Crippen molar-refractivity contribution in [1.82, 2.24) is 4.90 Å². The number of methoxy groups -OCH3 is 4. The summed E-state index contributed by atoms with van der Waals surface area (Å²) in [5, 5.41) is 0. The number of carbonyl (C=O) groups is 1. The smallest absolute Gasteiger partial charge is 0.345 e. The zero-order chi connectivity index (χ0) is 28.8. The normalized spacial score (nSPS) is 20.7. The number of hydrogen-bond donors (Lipinski definition) is 0. The lowest BCUT2D eigenvalue weighted by Gasteiger charge is -2.33. The molecule has 0 spiro atoms.